The molecule has 116 valence electrons. The number of hydrogen-bond acceptors (Lipinski definition) is 4. The van der Waals surface area contributed by atoms with Crippen LogP contribution in [-0.2, 0) is 6.54 Å². The summed E-state index contributed by atoms with van der Waals surface area (Å²) >= 11 is 6.82. The van der Waals surface area contributed by atoms with Gasteiger partial charge in [-0.2, -0.15) is 0 Å². The summed E-state index contributed by atoms with van der Waals surface area (Å²) in [7, 11) is 0. The van der Waals surface area contributed by atoms with E-state index in [1.165, 1.54) is 16.2 Å². The third-order valence-corrected chi connectivity index (χ3v) is 4.32. The Morgan fingerprint density at radius 1 is 1.13 bits per heavy atom. The van der Waals surface area contributed by atoms with Crippen molar-refractivity contribution in [3.05, 3.63) is 76.9 Å². The number of para-hydroxylation sites is 1. The minimum atomic E-state index is -0.148. The van der Waals surface area contributed by atoms with Crippen LogP contribution >= 0.6 is 23.6 Å². The molecule has 0 aliphatic rings. The van der Waals surface area contributed by atoms with Gasteiger partial charge < -0.3 is 9.73 Å². The first-order valence-corrected chi connectivity index (χ1v) is 8.26. The third kappa shape index (κ3) is 3.85. The van der Waals surface area contributed by atoms with E-state index >= 15 is 0 Å². The summed E-state index contributed by atoms with van der Waals surface area (Å²) < 4.78 is 5.35. The fourth-order valence-corrected chi connectivity index (χ4v) is 2.98. The first kappa shape index (κ1) is 15.5. The fourth-order valence-electron chi connectivity index (χ4n) is 2.04. The number of thiocarbonyl (C=S) groups is 1. The number of nitrogens with one attached hydrogen (secondary N) is 1. The van der Waals surface area contributed by atoms with Crippen molar-refractivity contribution in [2.75, 3.05) is 5.32 Å². The van der Waals surface area contributed by atoms with Gasteiger partial charge in [-0.1, -0.05) is 24.3 Å². The minimum absolute atomic E-state index is 0.148. The number of thiophene rings is 1. The SMILES string of the molecule is O=C(c1cccs1)N(Cc1ccco1)C(=S)Nc1ccccc1. The summed E-state index contributed by atoms with van der Waals surface area (Å²) in [4.78, 5) is 14.9. The summed E-state index contributed by atoms with van der Waals surface area (Å²) in [6.45, 7) is 0.280. The normalized spacial score (nSPS) is 10.3. The van der Waals surface area contributed by atoms with Gasteiger partial charge in [-0.15, -0.1) is 11.3 Å². The van der Waals surface area contributed by atoms with Gasteiger partial charge in [0.15, 0.2) is 5.11 Å². The number of benzene rings is 1. The van der Waals surface area contributed by atoms with Gasteiger partial charge in [0, 0.05) is 5.69 Å². The molecule has 0 radical (unpaired) electrons. The molecule has 23 heavy (non-hydrogen) atoms. The quantitative estimate of drug-likeness (QED) is 0.715. The van der Waals surface area contributed by atoms with Gasteiger partial charge in [0.1, 0.15) is 5.76 Å². The lowest BCUT2D eigenvalue weighted by Crippen LogP contribution is -2.38. The molecule has 0 unspecified atom stereocenters. The van der Waals surface area contributed by atoms with Gasteiger partial charge in [0.25, 0.3) is 5.91 Å². The summed E-state index contributed by atoms with van der Waals surface area (Å²) in [6, 6.07) is 16.8. The van der Waals surface area contributed by atoms with Gasteiger partial charge in [0.2, 0.25) is 0 Å². The lowest BCUT2D eigenvalue weighted by Gasteiger charge is -2.22. The summed E-state index contributed by atoms with van der Waals surface area (Å²) in [5, 5.41) is 5.30. The third-order valence-electron chi connectivity index (χ3n) is 3.14. The highest BCUT2D eigenvalue weighted by Crippen LogP contribution is 2.17. The van der Waals surface area contributed by atoms with E-state index in [2.05, 4.69) is 5.32 Å². The van der Waals surface area contributed by atoms with Crippen LogP contribution in [-0.4, -0.2) is 15.9 Å². The molecule has 6 heteroatoms. The Morgan fingerprint density at radius 3 is 2.61 bits per heavy atom. The predicted molar refractivity (Wildman–Crippen MR) is 95.6 cm³/mol. The van der Waals surface area contributed by atoms with Crippen LogP contribution in [0.5, 0.6) is 0 Å². The minimum Gasteiger partial charge on any atom is -0.467 e. The Hall–Kier alpha value is -2.44. The molecule has 1 aromatic carbocycles. The molecule has 0 bridgehead atoms. The Morgan fingerprint density at radius 2 is 1.96 bits per heavy atom. The molecule has 0 aliphatic heterocycles. The van der Waals surface area contributed by atoms with Crippen molar-refractivity contribution < 1.29 is 9.21 Å². The molecule has 4 nitrogen and oxygen atoms in total. The van der Waals surface area contributed by atoms with E-state index in [4.69, 9.17) is 16.6 Å². The van der Waals surface area contributed by atoms with Crippen molar-refractivity contribution in [2.24, 2.45) is 0 Å². The lowest BCUT2D eigenvalue weighted by atomic mass is 10.3. The molecule has 2 aromatic heterocycles. The molecule has 0 aliphatic carbocycles. The van der Waals surface area contributed by atoms with Crippen LogP contribution in [0.15, 0.2) is 70.7 Å². The second-order valence-electron chi connectivity index (χ2n) is 4.74. The standard InChI is InChI=1S/C17H14N2O2S2/c20-16(15-9-5-11-23-15)19(12-14-8-4-10-21-14)17(22)18-13-6-2-1-3-7-13/h1-11H,12H2,(H,18,22). The topological polar surface area (TPSA) is 45.5 Å². The number of furan rings is 1. The van der Waals surface area contributed by atoms with Crippen molar-refractivity contribution in [1.29, 1.82) is 0 Å². The fraction of sp³-hybridized carbons (Fsp3) is 0.0588. The molecule has 0 atom stereocenters. The lowest BCUT2D eigenvalue weighted by molar-refractivity contribution is 0.0840. The van der Waals surface area contributed by atoms with Crippen LogP contribution in [0, 0.1) is 0 Å². The number of carbonyl (C=O) groups excluding carboxylic acids is 1. The van der Waals surface area contributed by atoms with Gasteiger partial charge in [-0.25, -0.2) is 0 Å². The van der Waals surface area contributed by atoms with Crippen molar-refractivity contribution >= 4 is 40.3 Å². The molecule has 0 saturated heterocycles. The molecule has 0 spiro atoms. The zero-order valence-corrected chi connectivity index (χ0v) is 13.8. The van der Waals surface area contributed by atoms with Gasteiger partial charge >= 0.3 is 0 Å². The van der Waals surface area contributed by atoms with Gasteiger partial charge in [0.05, 0.1) is 17.7 Å². The van der Waals surface area contributed by atoms with Crippen LogP contribution in [0.2, 0.25) is 0 Å². The first-order valence-electron chi connectivity index (χ1n) is 6.98. The van der Waals surface area contributed by atoms with E-state index in [9.17, 15) is 4.79 Å². The average molecular weight is 342 g/mol. The second kappa shape index (κ2) is 7.21. The number of anilines is 1. The number of amides is 1. The Kier molecular flexibility index (Phi) is 4.85. The molecular formula is C17H14N2O2S2. The van der Waals surface area contributed by atoms with Gasteiger partial charge in [-0.3, -0.25) is 9.69 Å². The average Bonchev–Trinajstić information content (AvgIpc) is 3.26. The first-order chi connectivity index (χ1) is 11.2. The number of nitrogens with zero attached hydrogens (tertiary/aromatic N) is 1. The highest BCUT2D eigenvalue weighted by atomic mass is 32.1. The monoisotopic (exact) mass is 342 g/mol. The van der Waals surface area contributed by atoms with Crippen molar-refractivity contribution in [3.63, 3.8) is 0 Å². The van der Waals surface area contributed by atoms with E-state index < -0.39 is 0 Å². The summed E-state index contributed by atoms with van der Waals surface area (Å²) in [5.74, 6) is 0.525. The van der Waals surface area contributed by atoms with Crippen LogP contribution in [0.1, 0.15) is 15.4 Å². The maximum atomic E-state index is 12.7. The van der Waals surface area contributed by atoms with Gasteiger partial charge in [-0.05, 0) is 47.9 Å². The van der Waals surface area contributed by atoms with Crippen LogP contribution in [0.3, 0.4) is 0 Å². The number of hydrogen-bond donors (Lipinski definition) is 1. The zero-order chi connectivity index (χ0) is 16.1. The summed E-state index contributed by atoms with van der Waals surface area (Å²) in [6.07, 6.45) is 1.58. The van der Waals surface area contributed by atoms with E-state index in [1.54, 1.807) is 18.4 Å². The van der Waals surface area contributed by atoms with Crippen molar-refractivity contribution in [2.45, 2.75) is 6.54 Å². The highest BCUT2D eigenvalue weighted by molar-refractivity contribution is 7.80. The predicted octanol–water partition coefficient (Wildman–Crippen LogP) is 4.38. The van der Waals surface area contributed by atoms with E-state index in [1.807, 2.05) is 47.8 Å². The second-order valence-corrected chi connectivity index (χ2v) is 6.08. The molecule has 2 heterocycles. The van der Waals surface area contributed by atoms with Crippen LogP contribution < -0.4 is 5.32 Å². The highest BCUT2D eigenvalue weighted by Gasteiger charge is 2.22. The van der Waals surface area contributed by atoms with Crippen molar-refractivity contribution in [1.82, 2.24) is 4.90 Å². The Bertz CT molecular complexity index is 768. The largest absolute Gasteiger partial charge is 0.467 e. The maximum absolute atomic E-state index is 12.7. The van der Waals surface area contributed by atoms with E-state index in [0.29, 0.717) is 15.7 Å². The molecule has 1 amide bonds. The molecule has 3 aromatic rings. The smallest absolute Gasteiger partial charge is 0.270 e. The summed E-state index contributed by atoms with van der Waals surface area (Å²) in [5.41, 5.74) is 0.834. The van der Waals surface area contributed by atoms with E-state index in [-0.39, 0.29) is 12.5 Å². The zero-order valence-electron chi connectivity index (χ0n) is 12.1. The number of rotatable bonds is 4. The van der Waals surface area contributed by atoms with Crippen molar-refractivity contribution in [3.8, 4) is 0 Å². The molecule has 0 fully saturated rings. The number of carbonyl (C=O) groups is 1. The molecular weight excluding hydrogens is 328 g/mol. The molecule has 0 saturated carbocycles. The Balaban J connectivity index is 1.82. The van der Waals surface area contributed by atoms with Crippen LogP contribution in [0.25, 0.3) is 0 Å². The van der Waals surface area contributed by atoms with Crippen LogP contribution in [0.4, 0.5) is 5.69 Å². The maximum Gasteiger partial charge on any atom is 0.270 e. The Labute approximate surface area is 143 Å². The molecule has 1 N–H and O–H groups in total. The molecule has 3 rings (SSSR count). The van der Waals surface area contributed by atoms with E-state index in [0.717, 1.165) is 5.69 Å².